The molecule has 6 nitrogen and oxygen atoms in total. The van der Waals surface area contributed by atoms with Gasteiger partial charge in [0.15, 0.2) is 12.6 Å². The molecule has 4 saturated carbocycles. The molecule has 4 N–H and O–H groups in total. The van der Waals surface area contributed by atoms with E-state index in [1.807, 2.05) is 0 Å². The molecule has 5 aliphatic rings. The third kappa shape index (κ3) is 4.85. The van der Waals surface area contributed by atoms with E-state index in [0.29, 0.717) is 55.0 Å². The molecular weight excluding hydrogens is 444 g/mol. The first-order chi connectivity index (χ1) is 16.6. The molecule has 1 saturated heterocycles. The Morgan fingerprint density at radius 2 is 1.63 bits per heavy atom. The molecule has 0 spiro atoms. The average molecular weight is 495 g/mol. The first-order valence-electron chi connectivity index (χ1n) is 14.6. The minimum atomic E-state index is -0.785. The highest BCUT2D eigenvalue weighted by molar-refractivity contribution is 5.11. The molecule has 6 heteroatoms. The van der Waals surface area contributed by atoms with E-state index in [1.165, 1.54) is 25.7 Å². The Balaban J connectivity index is 1.21. The van der Waals surface area contributed by atoms with E-state index in [1.54, 1.807) is 0 Å². The van der Waals surface area contributed by atoms with E-state index < -0.39 is 12.6 Å². The standard InChI is InChI=1S/C29H50O6/c1-17(4-7-25(32)35-20-10-13-34-26(33)16-20)21-5-6-22-27-23(9-12-29(21,22)3)28(2)11-8-19(30)14-18(28)15-24(27)31/h17-27,30-33H,4-16H2,1-3H3. The molecule has 0 aromatic carbocycles. The number of hydrogen-bond donors (Lipinski definition) is 4. The zero-order valence-corrected chi connectivity index (χ0v) is 22.1. The average Bonchev–Trinajstić information content (AvgIpc) is 3.16. The van der Waals surface area contributed by atoms with Gasteiger partial charge in [0.2, 0.25) is 0 Å². The Morgan fingerprint density at radius 1 is 0.886 bits per heavy atom. The molecule has 0 radical (unpaired) electrons. The summed E-state index contributed by atoms with van der Waals surface area (Å²) in [7, 11) is 0. The van der Waals surface area contributed by atoms with Gasteiger partial charge < -0.3 is 29.9 Å². The van der Waals surface area contributed by atoms with Crippen molar-refractivity contribution in [1.29, 1.82) is 0 Å². The maximum Gasteiger partial charge on any atom is 0.157 e. The van der Waals surface area contributed by atoms with Crippen LogP contribution >= 0.6 is 0 Å². The lowest BCUT2D eigenvalue weighted by atomic mass is 9.43. The molecule has 0 aromatic heterocycles. The maximum atomic E-state index is 11.4. The third-order valence-electron chi connectivity index (χ3n) is 11.8. The van der Waals surface area contributed by atoms with Gasteiger partial charge in [-0.05, 0) is 117 Å². The van der Waals surface area contributed by atoms with Crippen LogP contribution < -0.4 is 0 Å². The minimum Gasteiger partial charge on any atom is -0.393 e. The summed E-state index contributed by atoms with van der Waals surface area (Å²) in [6.45, 7) is 7.81. The summed E-state index contributed by atoms with van der Waals surface area (Å²) in [5.41, 5.74) is 0.531. The van der Waals surface area contributed by atoms with Crippen molar-refractivity contribution >= 4 is 0 Å². The number of hydrogen-bond acceptors (Lipinski definition) is 6. The Bertz CT molecular complexity index is 732. The second-order valence-electron chi connectivity index (χ2n) is 13.6. The van der Waals surface area contributed by atoms with Crippen molar-refractivity contribution < 1.29 is 29.9 Å². The van der Waals surface area contributed by atoms with Gasteiger partial charge in [-0.25, -0.2) is 0 Å². The predicted octanol–water partition coefficient (Wildman–Crippen LogP) is 4.23. The Kier molecular flexibility index (Phi) is 7.64. The predicted molar refractivity (Wildman–Crippen MR) is 133 cm³/mol. The number of fused-ring (bicyclic) bond motifs is 5. The molecule has 13 atom stereocenters. The fourth-order valence-electron chi connectivity index (χ4n) is 9.94. The summed E-state index contributed by atoms with van der Waals surface area (Å²) < 4.78 is 11.0. The molecule has 1 heterocycles. The van der Waals surface area contributed by atoms with Crippen molar-refractivity contribution in [2.24, 2.45) is 46.3 Å². The first kappa shape index (κ1) is 26.4. The van der Waals surface area contributed by atoms with Gasteiger partial charge in [-0.2, -0.15) is 0 Å². The van der Waals surface area contributed by atoms with Crippen molar-refractivity contribution in [3.05, 3.63) is 0 Å². The first-order valence-corrected chi connectivity index (χ1v) is 14.6. The second-order valence-corrected chi connectivity index (χ2v) is 13.6. The van der Waals surface area contributed by atoms with Gasteiger partial charge in [-0.15, -0.1) is 0 Å². The molecule has 0 aromatic rings. The Labute approximate surface area is 211 Å². The summed E-state index contributed by atoms with van der Waals surface area (Å²) in [6.07, 6.45) is 9.26. The maximum absolute atomic E-state index is 11.4. The van der Waals surface area contributed by atoms with Crippen LogP contribution in [0.15, 0.2) is 0 Å². The number of aliphatic hydroxyl groups excluding tert-OH is 4. The van der Waals surface area contributed by atoms with Crippen LogP contribution in [0.1, 0.15) is 97.8 Å². The Morgan fingerprint density at radius 3 is 2.40 bits per heavy atom. The molecule has 0 amide bonds. The van der Waals surface area contributed by atoms with E-state index in [-0.39, 0.29) is 29.1 Å². The molecule has 1 aliphatic heterocycles. The van der Waals surface area contributed by atoms with Gasteiger partial charge in [-0.1, -0.05) is 20.8 Å². The minimum absolute atomic E-state index is 0.133. The van der Waals surface area contributed by atoms with Gasteiger partial charge in [0, 0.05) is 6.42 Å². The molecule has 35 heavy (non-hydrogen) atoms. The topological polar surface area (TPSA) is 99.4 Å². The highest BCUT2D eigenvalue weighted by Gasteiger charge is 2.62. The van der Waals surface area contributed by atoms with Crippen LogP contribution in [-0.4, -0.2) is 57.9 Å². The molecule has 0 bridgehead atoms. The van der Waals surface area contributed by atoms with Crippen LogP contribution in [0, 0.1) is 46.3 Å². The van der Waals surface area contributed by atoms with Gasteiger partial charge in [0.1, 0.15) is 0 Å². The van der Waals surface area contributed by atoms with E-state index >= 15 is 0 Å². The van der Waals surface area contributed by atoms with Crippen molar-refractivity contribution in [3.8, 4) is 0 Å². The highest BCUT2D eigenvalue weighted by Crippen LogP contribution is 2.68. The van der Waals surface area contributed by atoms with Gasteiger partial charge in [-0.3, -0.25) is 0 Å². The van der Waals surface area contributed by atoms with E-state index in [0.717, 1.165) is 38.5 Å². The van der Waals surface area contributed by atoms with Crippen LogP contribution in [0.5, 0.6) is 0 Å². The molecule has 5 rings (SSSR count). The Hall–Kier alpha value is -0.240. The van der Waals surface area contributed by atoms with Crippen LogP contribution in [0.25, 0.3) is 0 Å². The van der Waals surface area contributed by atoms with E-state index in [2.05, 4.69) is 20.8 Å². The van der Waals surface area contributed by atoms with Crippen molar-refractivity contribution in [2.75, 3.05) is 6.61 Å². The van der Waals surface area contributed by atoms with Crippen LogP contribution in [-0.2, 0) is 9.47 Å². The van der Waals surface area contributed by atoms with Crippen molar-refractivity contribution in [3.63, 3.8) is 0 Å². The summed E-state index contributed by atoms with van der Waals surface area (Å²) in [6, 6.07) is 0. The number of aliphatic hydroxyl groups is 4. The second kappa shape index (κ2) is 10.1. The fraction of sp³-hybridized carbons (Fsp3) is 1.00. The lowest BCUT2D eigenvalue weighted by Crippen LogP contribution is -2.58. The van der Waals surface area contributed by atoms with Gasteiger partial charge in [0.25, 0.3) is 0 Å². The van der Waals surface area contributed by atoms with Crippen molar-refractivity contribution in [1.82, 2.24) is 0 Å². The quantitative estimate of drug-likeness (QED) is 0.413. The summed E-state index contributed by atoms with van der Waals surface area (Å²) in [4.78, 5) is 0. The van der Waals surface area contributed by atoms with E-state index in [4.69, 9.17) is 9.47 Å². The third-order valence-corrected chi connectivity index (χ3v) is 11.8. The van der Waals surface area contributed by atoms with E-state index in [9.17, 15) is 20.4 Å². The SMILES string of the molecule is CC(CCC(O)OC1CCOC(O)C1)C1CCC2C3C(O)CC4CC(O)CCC4(C)C3CCC12C. The van der Waals surface area contributed by atoms with Gasteiger partial charge >= 0.3 is 0 Å². The lowest BCUT2D eigenvalue weighted by molar-refractivity contribution is -0.207. The smallest absolute Gasteiger partial charge is 0.157 e. The molecule has 13 unspecified atom stereocenters. The highest BCUT2D eigenvalue weighted by atomic mass is 16.6. The van der Waals surface area contributed by atoms with Crippen LogP contribution in [0.2, 0.25) is 0 Å². The van der Waals surface area contributed by atoms with Crippen molar-refractivity contribution in [2.45, 2.75) is 129 Å². The fourth-order valence-corrected chi connectivity index (χ4v) is 9.94. The molecule has 5 fully saturated rings. The zero-order valence-electron chi connectivity index (χ0n) is 22.1. The zero-order chi connectivity index (χ0) is 25.0. The normalized spacial score (nSPS) is 51.7. The molecular formula is C29H50O6. The molecule has 4 aliphatic carbocycles. The molecule has 202 valence electrons. The summed E-state index contributed by atoms with van der Waals surface area (Å²) >= 11 is 0. The van der Waals surface area contributed by atoms with Gasteiger partial charge in [0.05, 0.1) is 24.9 Å². The number of rotatable bonds is 6. The summed E-state index contributed by atoms with van der Waals surface area (Å²) in [5, 5.41) is 41.9. The lowest BCUT2D eigenvalue weighted by Gasteiger charge is -2.62. The monoisotopic (exact) mass is 494 g/mol. The van der Waals surface area contributed by atoms with Crippen LogP contribution in [0.4, 0.5) is 0 Å². The number of ether oxygens (including phenoxy) is 2. The largest absolute Gasteiger partial charge is 0.393 e. The van der Waals surface area contributed by atoms with Crippen LogP contribution in [0.3, 0.4) is 0 Å². The summed E-state index contributed by atoms with van der Waals surface area (Å²) in [5.74, 6) is 3.15.